The lowest BCUT2D eigenvalue weighted by molar-refractivity contribution is -0.192. The van der Waals surface area contributed by atoms with Gasteiger partial charge in [0, 0.05) is 24.0 Å². The molecule has 6 rings (SSSR count). The van der Waals surface area contributed by atoms with Gasteiger partial charge in [-0.05, 0) is 42.2 Å². The number of rotatable bonds is 3. The standard InChI is InChI=1S/C28H21N5O3.C2HF3O2/c34-28(35)21-6-3-5-20(18-21)26-24(11-10-22-9-8-19-4-1-2-7-23(19)30-22)31-27-25(12-13-29-33(26)27)32-14-16-36-17-15-32;3-2(4,5)1(6)7/h1-9,12-13,18H,14-17H2,(H,34,35);(H,6,7). The van der Waals surface area contributed by atoms with E-state index < -0.39 is 18.1 Å². The molecule has 0 saturated carbocycles. The van der Waals surface area contributed by atoms with Crippen molar-refractivity contribution in [1.29, 1.82) is 0 Å². The van der Waals surface area contributed by atoms with Crippen LogP contribution < -0.4 is 4.90 Å². The Labute approximate surface area is 242 Å². The molecule has 0 unspecified atom stereocenters. The highest BCUT2D eigenvalue weighted by molar-refractivity contribution is 5.90. The van der Waals surface area contributed by atoms with Gasteiger partial charge < -0.3 is 19.8 Å². The van der Waals surface area contributed by atoms with Crippen LogP contribution in [0, 0.1) is 11.8 Å². The van der Waals surface area contributed by atoms with Crippen LogP contribution in [0.5, 0.6) is 0 Å². The first-order valence-corrected chi connectivity index (χ1v) is 12.8. The number of imidazole rings is 1. The monoisotopic (exact) mass is 589 g/mol. The van der Waals surface area contributed by atoms with Crippen LogP contribution in [-0.2, 0) is 9.53 Å². The maximum atomic E-state index is 11.7. The maximum Gasteiger partial charge on any atom is 0.490 e. The van der Waals surface area contributed by atoms with Gasteiger partial charge in [-0.25, -0.2) is 24.1 Å². The van der Waals surface area contributed by atoms with Crippen molar-refractivity contribution in [2.75, 3.05) is 31.2 Å². The van der Waals surface area contributed by atoms with Crippen LogP contribution >= 0.6 is 0 Å². The fraction of sp³-hybridized carbons (Fsp3) is 0.167. The average molecular weight is 590 g/mol. The third-order valence-corrected chi connectivity index (χ3v) is 6.38. The van der Waals surface area contributed by atoms with Crippen LogP contribution in [0.15, 0.2) is 72.9 Å². The number of benzene rings is 2. The van der Waals surface area contributed by atoms with Gasteiger partial charge in [-0.1, -0.05) is 36.4 Å². The van der Waals surface area contributed by atoms with E-state index in [2.05, 4.69) is 26.8 Å². The van der Waals surface area contributed by atoms with Gasteiger partial charge in [0.05, 0.1) is 36.2 Å². The quantitative estimate of drug-likeness (QED) is 0.292. The number of carboxylic acids is 2. The number of aliphatic carboxylic acids is 1. The Kier molecular flexibility index (Phi) is 8.22. The highest BCUT2D eigenvalue weighted by Gasteiger charge is 2.38. The summed E-state index contributed by atoms with van der Waals surface area (Å²) in [5.74, 6) is 2.58. The van der Waals surface area contributed by atoms with Crippen LogP contribution in [0.3, 0.4) is 0 Å². The van der Waals surface area contributed by atoms with Crippen LogP contribution in [0.4, 0.5) is 18.9 Å². The first kappa shape index (κ1) is 29.0. The Hall–Kier alpha value is -5.48. The average Bonchev–Trinajstić information content (AvgIpc) is 3.39. The highest BCUT2D eigenvalue weighted by Crippen LogP contribution is 2.30. The van der Waals surface area contributed by atoms with Crippen LogP contribution in [0.1, 0.15) is 21.7 Å². The van der Waals surface area contributed by atoms with Crippen LogP contribution in [-0.4, -0.2) is 74.2 Å². The molecule has 4 heterocycles. The van der Waals surface area contributed by atoms with Gasteiger partial charge >= 0.3 is 18.1 Å². The molecule has 0 radical (unpaired) electrons. The Balaban J connectivity index is 0.000000472. The van der Waals surface area contributed by atoms with Gasteiger partial charge in [-0.15, -0.1) is 0 Å². The number of para-hydroxylation sites is 1. The summed E-state index contributed by atoms with van der Waals surface area (Å²) in [5.41, 5.74) is 5.07. The normalized spacial score (nSPS) is 13.1. The molecule has 0 aliphatic carbocycles. The number of fused-ring (bicyclic) bond motifs is 2. The van der Waals surface area contributed by atoms with Crippen molar-refractivity contribution in [2.24, 2.45) is 0 Å². The zero-order valence-corrected chi connectivity index (χ0v) is 22.2. The number of carboxylic acid groups (broad SMARTS) is 2. The SMILES string of the molecule is O=C(O)C(F)(F)F.O=C(O)c1cccc(-c2c(C#Cc3ccc4ccccc4n3)nc3c(N4CCOCC4)ccnn23)c1. The molecule has 0 bridgehead atoms. The molecule has 0 atom stereocenters. The number of nitrogens with zero attached hydrogens (tertiary/aromatic N) is 5. The van der Waals surface area contributed by atoms with Gasteiger partial charge in [-0.3, -0.25) is 0 Å². The van der Waals surface area contributed by atoms with Crippen molar-refractivity contribution >= 4 is 34.2 Å². The smallest absolute Gasteiger partial charge is 0.478 e. The van der Waals surface area contributed by atoms with Gasteiger partial charge in [0.25, 0.3) is 0 Å². The summed E-state index contributed by atoms with van der Waals surface area (Å²) in [6, 6.07) is 20.4. The third kappa shape index (κ3) is 6.55. The number of hydrogen-bond acceptors (Lipinski definition) is 7. The van der Waals surface area contributed by atoms with E-state index >= 15 is 0 Å². The molecule has 0 spiro atoms. The Morgan fingerprint density at radius 3 is 2.37 bits per heavy atom. The van der Waals surface area contributed by atoms with Gasteiger partial charge in [-0.2, -0.15) is 18.3 Å². The summed E-state index contributed by atoms with van der Waals surface area (Å²) in [5, 5.41) is 22.3. The van der Waals surface area contributed by atoms with Crippen LogP contribution in [0.2, 0.25) is 0 Å². The largest absolute Gasteiger partial charge is 0.490 e. The fourth-order valence-electron chi connectivity index (χ4n) is 4.39. The van der Waals surface area contributed by atoms with Crippen molar-refractivity contribution in [2.45, 2.75) is 6.18 Å². The minimum Gasteiger partial charge on any atom is -0.478 e. The number of pyridine rings is 1. The first-order chi connectivity index (χ1) is 20.6. The number of anilines is 1. The Morgan fingerprint density at radius 1 is 0.907 bits per heavy atom. The first-order valence-electron chi connectivity index (χ1n) is 12.8. The molecule has 1 saturated heterocycles. The zero-order chi connectivity index (χ0) is 30.6. The molecular formula is C30H22F3N5O5. The van der Waals surface area contributed by atoms with E-state index in [4.69, 9.17) is 19.6 Å². The zero-order valence-electron chi connectivity index (χ0n) is 22.2. The number of carbonyl (C=O) groups is 2. The predicted molar refractivity (Wildman–Crippen MR) is 150 cm³/mol. The topological polar surface area (TPSA) is 130 Å². The lowest BCUT2D eigenvalue weighted by atomic mass is 10.1. The number of aromatic nitrogens is 4. The number of morpholine rings is 1. The maximum absolute atomic E-state index is 11.7. The summed E-state index contributed by atoms with van der Waals surface area (Å²) in [7, 11) is 0. The second kappa shape index (κ2) is 12.2. The molecule has 10 nitrogen and oxygen atoms in total. The molecule has 218 valence electrons. The van der Waals surface area contributed by atoms with Crippen molar-refractivity contribution < 1.29 is 37.7 Å². The van der Waals surface area contributed by atoms with E-state index in [9.17, 15) is 23.1 Å². The van der Waals surface area contributed by atoms with E-state index in [0.717, 1.165) is 29.7 Å². The Morgan fingerprint density at radius 2 is 1.65 bits per heavy atom. The molecule has 13 heteroatoms. The molecule has 5 aromatic rings. The minimum atomic E-state index is -5.08. The summed E-state index contributed by atoms with van der Waals surface area (Å²) in [6.45, 7) is 2.78. The summed E-state index contributed by atoms with van der Waals surface area (Å²) in [4.78, 5) is 32.3. The molecule has 1 aliphatic rings. The summed E-state index contributed by atoms with van der Waals surface area (Å²) in [6.07, 6.45) is -3.36. The Bertz CT molecular complexity index is 1890. The minimum absolute atomic E-state index is 0.182. The van der Waals surface area contributed by atoms with Gasteiger partial charge in [0.1, 0.15) is 17.1 Å². The second-order valence-corrected chi connectivity index (χ2v) is 9.19. The van der Waals surface area contributed by atoms with E-state index in [1.54, 1.807) is 28.9 Å². The molecule has 2 N–H and O–H groups in total. The predicted octanol–water partition coefficient (Wildman–Crippen LogP) is 4.51. The molecule has 1 aliphatic heterocycles. The number of hydrogen-bond donors (Lipinski definition) is 2. The number of aromatic carboxylic acids is 1. The van der Waals surface area contributed by atoms with Crippen molar-refractivity contribution in [3.63, 3.8) is 0 Å². The number of ether oxygens (including phenoxy) is 1. The lowest BCUT2D eigenvalue weighted by Gasteiger charge is -2.28. The van der Waals surface area contributed by atoms with Crippen molar-refractivity contribution in [1.82, 2.24) is 19.6 Å². The summed E-state index contributed by atoms with van der Waals surface area (Å²) >= 11 is 0. The van der Waals surface area contributed by atoms with Crippen molar-refractivity contribution in [3.05, 3.63) is 89.9 Å². The number of alkyl halides is 3. The molecule has 1 fully saturated rings. The molecular weight excluding hydrogens is 567 g/mol. The fourth-order valence-corrected chi connectivity index (χ4v) is 4.39. The van der Waals surface area contributed by atoms with E-state index in [1.807, 2.05) is 48.5 Å². The molecule has 0 amide bonds. The molecule has 3 aromatic heterocycles. The highest BCUT2D eigenvalue weighted by atomic mass is 19.4. The summed E-state index contributed by atoms with van der Waals surface area (Å²) < 4.78 is 39.0. The molecule has 2 aromatic carbocycles. The molecule has 43 heavy (non-hydrogen) atoms. The third-order valence-electron chi connectivity index (χ3n) is 6.38. The number of halogens is 3. The van der Waals surface area contributed by atoms with E-state index in [-0.39, 0.29) is 5.56 Å². The van der Waals surface area contributed by atoms with Gasteiger partial charge in [0.2, 0.25) is 0 Å². The van der Waals surface area contributed by atoms with E-state index in [0.29, 0.717) is 41.5 Å². The second-order valence-electron chi connectivity index (χ2n) is 9.19. The van der Waals surface area contributed by atoms with E-state index in [1.165, 1.54) is 0 Å². The lowest BCUT2D eigenvalue weighted by Crippen LogP contribution is -2.36. The van der Waals surface area contributed by atoms with Crippen molar-refractivity contribution in [3.8, 4) is 23.1 Å². The van der Waals surface area contributed by atoms with Crippen LogP contribution in [0.25, 0.3) is 27.8 Å². The van der Waals surface area contributed by atoms with Gasteiger partial charge in [0.15, 0.2) is 5.65 Å².